The molecule has 7 heteroatoms. The molecular formula is C25H31N3O3S. The lowest BCUT2D eigenvalue weighted by Gasteiger charge is -2.20. The maximum atomic E-state index is 12.7. The fourth-order valence-electron chi connectivity index (χ4n) is 3.53. The molecule has 1 aliphatic heterocycles. The number of carbonyl (C=O) groups excluding carboxylic acids is 2. The third kappa shape index (κ3) is 7.05. The van der Waals surface area contributed by atoms with Gasteiger partial charge in [-0.05, 0) is 80.0 Å². The molecule has 0 atom stereocenters. The number of rotatable bonds is 7. The molecule has 2 amide bonds. The molecule has 32 heavy (non-hydrogen) atoms. The fourth-order valence-corrected chi connectivity index (χ4v) is 3.74. The standard InChI is InChI=1S/C25H31N3O3S/c1-2-3-18-31-22-14-10-19(11-15-22)23(29)27-25(32)26-21-12-8-20(9-13-21)24(30)28-16-6-4-5-7-17-28/h8-15H,2-7,16-18H2,1H3,(H2,26,27,29,32). The lowest BCUT2D eigenvalue weighted by molar-refractivity contribution is 0.0761. The molecule has 1 fully saturated rings. The zero-order valence-corrected chi connectivity index (χ0v) is 19.4. The van der Waals surface area contributed by atoms with Gasteiger partial charge in [-0.1, -0.05) is 26.2 Å². The number of benzene rings is 2. The number of amides is 2. The molecule has 0 radical (unpaired) electrons. The molecule has 0 unspecified atom stereocenters. The molecule has 0 aromatic heterocycles. The SMILES string of the molecule is CCCCOc1ccc(C(=O)NC(=S)Nc2ccc(C(=O)N3CCCCCC3)cc2)cc1. The van der Waals surface area contributed by atoms with Gasteiger partial charge in [0.25, 0.3) is 11.8 Å². The molecular weight excluding hydrogens is 422 g/mol. The number of ether oxygens (including phenoxy) is 1. The number of nitrogens with zero attached hydrogens (tertiary/aromatic N) is 1. The summed E-state index contributed by atoms with van der Waals surface area (Å²) in [4.78, 5) is 27.1. The summed E-state index contributed by atoms with van der Waals surface area (Å²) in [5.74, 6) is 0.512. The van der Waals surface area contributed by atoms with Crippen LogP contribution in [0.3, 0.4) is 0 Å². The van der Waals surface area contributed by atoms with Crippen molar-refractivity contribution in [2.24, 2.45) is 0 Å². The average molecular weight is 454 g/mol. The number of carbonyl (C=O) groups is 2. The van der Waals surface area contributed by atoms with Crippen LogP contribution in [0.25, 0.3) is 0 Å². The van der Waals surface area contributed by atoms with Crippen LogP contribution in [-0.2, 0) is 0 Å². The van der Waals surface area contributed by atoms with Crippen LogP contribution in [-0.4, -0.2) is 41.5 Å². The third-order valence-electron chi connectivity index (χ3n) is 5.39. The molecule has 3 rings (SSSR count). The quantitative estimate of drug-likeness (QED) is 0.456. The van der Waals surface area contributed by atoms with E-state index in [9.17, 15) is 9.59 Å². The average Bonchev–Trinajstić information content (AvgIpc) is 3.09. The smallest absolute Gasteiger partial charge is 0.257 e. The zero-order valence-electron chi connectivity index (χ0n) is 18.6. The van der Waals surface area contributed by atoms with Gasteiger partial charge in [-0.2, -0.15) is 0 Å². The van der Waals surface area contributed by atoms with E-state index in [2.05, 4.69) is 17.6 Å². The van der Waals surface area contributed by atoms with Gasteiger partial charge < -0.3 is 15.0 Å². The highest BCUT2D eigenvalue weighted by Crippen LogP contribution is 2.16. The number of thiocarbonyl (C=S) groups is 1. The van der Waals surface area contributed by atoms with E-state index in [4.69, 9.17) is 17.0 Å². The van der Waals surface area contributed by atoms with Gasteiger partial charge in [-0.15, -0.1) is 0 Å². The summed E-state index contributed by atoms with van der Waals surface area (Å²) in [5.41, 5.74) is 1.87. The Bertz CT molecular complexity index is 905. The monoisotopic (exact) mass is 453 g/mol. The van der Waals surface area contributed by atoms with E-state index in [-0.39, 0.29) is 16.9 Å². The van der Waals surface area contributed by atoms with Crippen LogP contribution in [0.4, 0.5) is 5.69 Å². The first-order chi connectivity index (χ1) is 15.6. The van der Waals surface area contributed by atoms with Crippen molar-refractivity contribution in [1.29, 1.82) is 0 Å². The van der Waals surface area contributed by atoms with E-state index in [1.54, 1.807) is 48.5 Å². The normalized spacial score (nSPS) is 13.7. The van der Waals surface area contributed by atoms with Gasteiger partial charge >= 0.3 is 0 Å². The summed E-state index contributed by atoms with van der Waals surface area (Å²) < 4.78 is 5.62. The Morgan fingerprint density at radius 3 is 2.19 bits per heavy atom. The predicted octanol–water partition coefficient (Wildman–Crippen LogP) is 5.01. The third-order valence-corrected chi connectivity index (χ3v) is 5.60. The van der Waals surface area contributed by atoms with Crippen LogP contribution in [0.5, 0.6) is 5.75 Å². The van der Waals surface area contributed by atoms with Crippen molar-refractivity contribution in [3.8, 4) is 5.75 Å². The van der Waals surface area contributed by atoms with Crippen molar-refractivity contribution < 1.29 is 14.3 Å². The highest BCUT2D eigenvalue weighted by atomic mass is 32.1. The van der Waals surface area contributed by atoms with E-state index in [1.165, 1.54) is 12.8 Å². The van der Waals surface area contributed by atoms with Gasteiger partial charge in [-0.25, -0.2) is 0 Å². The van der Waals surface area contributed by atoms with Gasteiger partial charge in [0.1, 0.15) is 5.75 Å². The first-order valence-corrected chi connectivity index (χ1v) is 11.7. The Kier molecular flexibility index (Phi) is 9.04. The Balaban J connectivity index is 1.50. The lowest BCUT2D eigenvalue weighted by Crippen LogP contribution is -2.34. The molecule has 0 aliphatic carbocycles. The van der Waals surface area contributed by atoms with Gasteiger partial charge in [-0.3, -0.25) is 14.9 Å². The molecule has 6 nitrogen and oxygen atoms in total. The summed E-state index contributed by atoms with van der Waals surface area (Å²) >= 11 is 5.27. The molecule has 0 bridgehead atoms. The number of hydrogen-bond acceptors (Lipinski definition) is 4. The van der Waals surface area contributed by atoms with Crippen LogP contribution >= 0.6 is 12.2 Å². The molecule has 0 spiro atoms. The van der Waals surface area contributed by atoms with Crippen LogP contribution < -0.4 is 15.4 Å². The second-order valence-electron chi connectivity index (χ2n) is 7.92. The molecule has 1 aliphatic rings. The summed E-state index contributed by atoms with van der Waals surface area (Å²) in [6.07, 6.45) is 6.57. The Labute approximate surface area is 195 Å². The van der Waals surface area contributed by atoms with Crippen molar-refractivity contribution >= 4 is 34.8 Å². The molecule has 2 N–H and O–H groups in total. The first kappa shape index (κ1) is 23.7. The van der Waals surface area contributed by atoms with Crippen molar-refractivity contribution in [2.45, 2.75) is 45.4 Å². The highest BCUT2D eigenvalue weighted by molar-refractivity contribution is 7.80. The number of likely N-dealkylation sites (tertiary alicyclic amines) is 1. The molecule has 2 aromatic carbocycles. The minimum absolute atomic E-state index is 0.0662. The van der Waals surface area contributed by atoms with E-state index in [0.29, 0.717) is 23.4 Å². The summed E-state index contributed by atoms with van der Waals surface area (Å²) in [6.45, 7) is 4.42. The van der Waals surface area contributed by atoms with Crippen molar-refractivity contribution in [2.75, 3.05) is 25.0 Å². The van der Waals surface area contributed by atoms with Crippen LogP contribution in [0.15, 0.2) is 48.5 Å². The second-order valence-corrected chi connectivity index (χ2v) is 8.33. The minimum Gasteiger partial charge on any atom is -0.494 e. The maximum Gasteiger partial charge on any atom is 0.257 e. The van der Waals surface area contributed by atoms with Crippen LogP contribution in [0.1, 0.15) is 66.2 Å². The Morgan fingerprint density at radius 2 is 1.56 bits per heavy atom. The molecule has 1 heterocycles. The Morgan fingerprint density at radius 1 is 0.938 bits per heavy atom. The van der Waals surface area contributed by atoms with Crippen molar-refractivity contribution in [3.63, 3.8) is 0 Å². The molecule has 0 saturated carbocycles. The topological polar surface area (TPSA) is 70.7 Å². The van der Waals surface area contributed by atoms with Gasteiger partial charge in [0.15, 0.2) is 5.11 Å². The van der Waals surface area contributed by atoms with E-state index >= 15 is 0 Å². The summed E-state index contributed by atoms with van der Waals surface area (Å²) in [6, 6.07) is 14.2. The fraction of sp³-hybridized carbons (Fsp3) is 0.400. The van der Waals surface area contributed by atoms with Gasteiger partial charge in [0.05, 0.1) is 6.61 Å². The number of nitrogens with one attached hydrogen (secondary N) is 2. The lowest BCUT2D eigenvalue weighted by atomic mass is 10.1. The van der Waals surface area contributed by atoms with Crippen LogP contribution in [0, 0.1) is 0 Å². The van der Waals surface area contributed by atoms with E-state index < -0.39 is 0 Å². The number of anilines is 1. The number of hydrogen-bond donors (Lipinski definition) is 2. The largest absolute Gasteiger partial charge is 0.494 e. The van der Waals surface area contributed by atoms with Crippen molar-refractivity contribution in [3.05, 3.63) is 59.7 Å². The molecule has 2 aromatic rings. The van der Waals surface area contributed by atoms with E-state index in [1.807, 2.05) is 4.90 Å². The Hall–Kier alpha value is -2.93. The summed E-state index contributed by atoms with van der Waals surface area (Å²) in [7, 11) is 0. The minimum atomic E-state index is -0.296. The molecule has 1 saturated heterocycles. The van der Waals surface area contributed by atoms with Crippen LogP contribution in [0.2, 0.25) is 0 Å². The van der Waals surface area contributed by atoms with Gasteiger partial charge in [0.2, 0.25) is 0 Å². The second kappa shape index (κ2) is 12.2. The van der Waals surface area contributed by atoms with Crippen molar-refractivity contribution in [1.82, 2.24) is 10.2 Å². The maximum absolute atomic E-state index is 12.7. The van der Waals surface area contributed by atoms with E-state index in [0.717, 1.165) is 44.5 Å². The summed E-state index contributed by atoms with van der Waals surface area (Å²) in [5, 5.41) is 5.87. The molecule has 170 valence electrons. The predicted molar refractivity (Wildman–Crippen MR) is 131 cm³/mol. The van der Waals surface area contributed by atoms with Gasteiger partial charge in [0, 0.05) is 29.9 Å². The number of unbranched alkanes of at least 4 members (excludes halogenated alkanes) is 1. The first-order valence-electron chi connectivity index (χ1n) is 11.3. The zero-order chi connectivity index (χ0) is 22.8. The highest BCUT2D eigenvalue weighted by Gasteiger charge is 2.17.